The summed E-state index contributed by atoms with van der Waals surface area (Å²) in [5, 5.41) is 8.99. The molecule has 0 saturated carbocycles. The van der Waals surface area contributed by atoms with E-state index in [-0.39, 0.29) is 12.5 Å². The van der Waals surface area contributed by atoms with Gasteiger partial charge in [0.1, 0.15) is 18.0 Å². The molecule has 0 aromatic carbocycles. The molecule has 1 aromatic rings. The molecule has 0 atom stereocenters. The van der Waals surface area contributed by atoms with E-state index in [9.17, 15) is 4.79 Å². The largest absolute Gasteiger partial charge is 0.370 e. The van der Waals surface area contributed by atoms with E-state index < -0.39 is 0 Å². The summed E-state index contributed by atoms with van der Waals surface area (Å²) in [7, 11) is 0. The second kappa shape index (κ2) is 8.29. The van der Waals surface area contributed by atoms with Crippen LogP contribution in [0.5, 0.6) is 0 Å². The van der Waals surface area contributed by atoms with Crippen molar-refractivity contribution in [3.63, 3.8) is 0 Å². The van der Waals surface area contributed by atoms with Crippen LogP contribution in [0.15, 0.2) is 12.4 Å². The minimum absolute atomic E-state index is 0.0321. The number of carbonyl (C=O) groups excluding carboxylic acids is 1. The molecule has 0 aliphatic rings. The fourth-order valence-electron chi connectivity index (χ4n) is 1.36. The molecule has 0 aliphatic heterocycles. The molecule has 0 saturated heterocycles. The third kappa shape index (κ3) is 6.59. The van der Waals surface area contributed by atoms with Gasteiger partial charge >= 0.3 is 0 Å². The van der Waals surface area contributed by atoms with Crippen molar-refractivity contribution < 1.29 is 4.79 Å². The zero-order valence-corrected chi connectivity index (χ0v) is 11.9. The Morgan fingerprint density at radius 3 is 2.58 bits per heavy atom. The number of aromatic nitrogens is 2. The number of nitrogens with one attached hydrogen (secondary N) is 3. The molecule has 0 radical (unpaired) electrons. The molecule has 6 heteroatoms. The minimum Gasteiger partial charge on any atom is -0.370 e. The predicted octanol–water partition coefficient (Wildman–Crippen LogP) is 1.48. The Bertz CT molecular complexity index is 394. The lowest BCUT2D eigenvalue weighted by Gasteiger charge is -2.09. The van der Waals surface area contributed by atoms with Crippen molar-refractivity contribution in [2.45, 2.75) is 27.2 Å². The van der Waals surface area contributed by atoms with Gasteiger partial charge in [-0.2, -0.15) is 0 Å². The molecule has 1 amide bonds. The summed E-state index contributed by atoms with van der Waals surface area (Å²) in [5.41, 5.74) is 0. The third-order valence-corrected chi connectivity index (χ3v) is 2.36. The maximum atomic E-state index is 11.5. The van der Waals surface area contributed by atoms with Crippen LogP contribution in [0.1, 0.15) is 27.2 Å². The van der Waals surface area contributed by atoms with Crippen molar-refractivity contribution in [3.05, 3.63) is 12.4 Å². The summed E-state index contributed by atoms with van der Waals surface area (Å²) < 4.78 is 0. The Balaban J connectivity index is 2.38. The molecular weight excluding hydrogens is 242 g/mol. The number of anilines is 2. The molecule has 6 nitrogen and oxygen atoms in total. The van der Waals surface area contributed by atoms with E-state index in [4.69, 9.17) is 0 Å². The molecule has 0 fully saturated rings. The summed E-state index contributed by atoms with van der Waals surface area (Å²) in [4.78, 5) is 19.7. The minimum atomic E-state index is -0.0321. The maximum absolute atomic E-state index is 11.5. The Morgan fingerprint density at radius 1 is 1.26 bits per heavy atom. The van der Waals surface area contributed by atoms with Gasteiger partial charge in [0.25, 0.3) is 0 Å². The van der Waals surface area contributed by atoms with Crippen molar-refractivity contribution >= 4 is 17.5 Å². The zero-order valence-electron chi connectivity index (χ0n) is 11.9. The van der Waals surface area contributed by atoms with Crippen LogP contribution >= 0.6 is 0 Å². The van der Waals surface area contributed by atoms with Gasteiger partial charge in [0.15, 0.2) is 0 Å². The molecule has 0 bridgehead atoms. The van der Waals surface area contributed by atoms with E-state index in [0.717, 1.165) is 18.8 Å². The highest BCUT2D eigenvalue weighted by molar-refractivity contribution is 5.80. The van der Waals surface area contributed by atoms with E-state index >= 15 is 0 Å². The van der Waals surface area contributed by atoms with Crippen molar-refractivity contribution in [1.82, 2.24) is 15.3 Å². The molecular formula is C13H23N5O. The van der Waals surface area contributed by atoms with Crippen molar-refractivity contribution in [3.8, 4) is 0 Å². The Labute approximate surface area is 114 Å². The molecule has 0 unspecified atom stereocenters. The first-order chi connectivity index (χ1) is 9.11. The lowest BCUT2D eigenvalue weighted by molar-refractivity contribution is -0.119. The van der Waals surface area contributed by atoms with Crippen LogP contribution in [0.25, 0.3) is 0 Å². The smallest absolute Gasteiger partial charge is 0.239 e. The SMILES string of the molecule is CCCNc1cc(NCC(=O)NCC(C)C)ncn1. The normalized spacial score (nSPS) is 10.3. The van der Waals surface area contributed by atoms with Crippen molar-refractivity contribution in [2.24, 2.45) is 5.92 Å². The average molecular weight is 265 g/mol. The van der Waals surface area contributed by atoms with Gasteiger partial charge in [-0.05, 0) is 12.3 Å². The summed E-state index contributed by atoms with van der Waals surface area (Å²) in [6, 6.07) is 1.80. The molecule has 3 N–H and O–H groups in total. The highest BCUT2D eigenvalue weighted by Gasteiger charge is 2.03. The summed E-state index contributed by atoms with van der Waals surface area (Å²) >= 11 is 0. The van der Waals surface area contributed by atoms with Crippen LogP contribution in [0.2, 0.25) is 0 Å². The maximum Gasteiger partial charge on any atom is 0.239 e. The number of nitrogens with zero attached hydrogens (tertiary/aromatic N) is 2. The second-order valence-corrected chi connectivity index (χ2v) is 4.77. The number of hydrogen-bond donors (Lipinski definition) is 3. The lowest BCUT2D eigenvalue weighted by Crippen LogP contribution is -2.32. The van der Waals surface area contributed by atoms with Gasteiger partial charge in [0, 0.05) is 19.2 Å². The Hall–Kier alpha value is -1.85. The predicted molar refractivity (Wildman–Crippen MR) is 77.2 cm³/mol. The van der Waals surface area contributed by atoms with Gasteiger partial charge in [-0.15, -0.1) is 0 Å². The molecule has 106 valence electrons. The fourth-order valence-corrected chi connectivity index (χ4v) is 1.36. The molecule has 0 aliphatic carbocycles. The number of rotatable bonds is 8. The van der Waals surface area contributed by atoms with Crippen LogP contribution in [0.3, 0.4) is 0 Å². The van der Waals surface area contributed by atoms with Crippen molar-refractivity contribution in [2.75, 3.05) is 30.3 Å². The fraction of sp³-hybridized carbons (Fsp3) is 0.615. The number of carbonyl (C=O) groups is 1. The second-order valence-electron chi connectivity index (χ2n) is 4.77. The van der Waals surface area contributed by atoms with Crippen LogP contribution in [0, 0.1) is 5.92 Å². The third-order valence-electron chi connectivity index (χ3n) is 2.36. The molecule has 19 heavy (non-hydrogen) atoms. The van der Waals surface area contributed by atoms with Crippen LogP contribution < -0.4 is 16.0 Å². The zero-order chi connectivity index (χ0) is 14.1. The van der Waals surface area contributed by atoms with Gasteiger partial charge in [-0.3, -0.25) is 4.79 Å². The van der Waals surface area contributed by atoms with Crippen LogP contribution in [-0.4, -0.2) is 35.5 Å². The standard InChI is InChI=1S/C13H23N5O/c1-4-5-14-11-6-12(18-9-17-11)15-8-13(19)16-7-10(2)3/h6,9-10H,4-5,7-8H2,1-3H3,(H,16,19)(H2,14,15,17,18). The molecule has 1 aromatic heterocycles. The molecule has 0 spiro atoms. The van der Waals surface area contributed by atoms with E-state index in [1.165, 1.54) is 6.33 Å². The quantitative estimate of drug-likeness (QED) is 0.663. The van der Waals surface area contributed by atoms with E-state index in [2.05, 4.69) is 46.7 Å². The molecule has 1 heterocycles. The highest BCUT2D eigenvalue weighted by atomic mass is 16.1. The van der Waals surface area contributed by atoms with Gasteiger partial charge in [-0.1, -0.05) is 20.8 Å². The first-order valence-corrected chi connectivity index (χ1v) is 6.68. The lowest BCUT2D eigenvalue weighted by atomic mass is 10.2. The van der Waals surface area contributed by atoms with E-state index in [1.807, 2.05) is 0 Å². The number of hydrogen-bond acceptors (Lipinski definition) is 5. The highest BCUT2D eigenvalue weighted by Crippen LogP contribution is 2.07. The van der Waals surface area contributed by atoms with Gasteiger partial charge in [0.05, 0.1) is 6.54 Å². The first kappa shape index (κ1) is 15.2. The summed E-state index contributed by atoms with van der Waals surface area (Å²) in [6.45, 7) is 7.98. The summed E-state index contributed by atoms with van der Waals surface area (Å²) in [5.74, 6) is 1.83. The number of amides is 1. The Kier molecular flexibility index (Phi) is 6.63. The van der Waals surface area contributed by atoms with Crippen LogP contribution in [-0.2, 0) is 4.79 Å². The monoisotopic (exact) mass is 265 g/mol. The van der Waals surface area contributed by atoms with E-state index in [1.54, 1.807) is 6.07 Å². The Morgan fingerprint density at radius 2 is 1.95 bits per heavy atom. The van der Waals surface area contributed by atoms with Gasteiger partial charge in [-0.25, -0.2) is 9.97 Å². The van der Waals surface area contributed by atoms with E-state index in [0.29, 0.717) is 18.3 Å². The summed E-state index contributed by atoms with van der Waals surface area (Å²) in [6.07, 6.45) is 2.51. The van der Waals surface area contributed by atoms with Gasteiger partial charge < -0.3 is 16.0 Å². The first-order valence-electron chi connectivity index (χ1n) is 6.68. The molecule has 1 rings (SSSR count). The van der Waals surface area contributed by atoms with Crippen LogP contribution in [0.4, 0.5) is 11.6 Å². The topological polar surface area (TPSA) is 78.9 Å². The average Bonchev–Trinajstić information content (AvgIpc) is 2.41. The van der Waals surface area contributed by atoms with Crippen molar-refractivity contribution in [1.29, 1.82) is 0 Å². The van der Waals surface area contributed by atoms with Gasteiger partial charge in [0.2, 0.25) is 5.91 Å².